The van der Waals surface area contributed by atoms with Crippen molar-refractivity contribution in [3.8, 4) is 0 Å². The van der Waals surface area contributed by atoms with Gasteiger partial charge in [0.25, 0.3) is 5.56 Å². The highest BCUT2D eigenvalue weighted by molar-refractivity contribution is 7.66. The number of nitrogens with one attached hydrogen (secondary N) is 1. The molecule has 222 valence electrons. The molecule has 0 amide bonds. The van der Waals surface area contributed by atoms with Gasteiger partial charge >= 0.3 is 39.1 Å². The normalized spacial score (nSPS) is 25.3. The van der Waals surface area contributed by atoms with Crippen LogP contribution in [0.15, 0.2) is 11.1 Å². The Balaban J connectivity index is 1.85. The molecule has 10 N–H and O–H groups in total. The fraction of sp³-hybridized carbons (Fsp3) is 0.500. The average molecular weight is 667 g/mol. The zero-order chi connectivity index (χ0) is 29.6. The van der Waals surface area contributed by atoms with Crippen LogP contribution in [0.4, 0.5) is 5.95 Å². The van der Waals surface area contributed by atoms with Crippen LogP contribution in [0.5, 0.6) is 0 Å². The second-order valence-electron chi connectivity index (χ2n) is 7.21. The maximum absolute atomic E-state index is 12.1. The van der Waals surface area contributed by atoms with Crippen LogP contribution in [0.25, 0.3) is 11.2 Å². The first-order valence-corrected chi connectivity index (χ1v) is 17.0. The van der Waals surface area contributed by atoms with Crippen molar-refractivity contribution < 1.29 is 83.8 Å². The predicted octanol–water partition coefficient (Wildman–Crippen LogP) is -1.07. The maximum atomic E-state index is 12.1. The number of hydrogen-bond acceptors (Lipinski definition) is 15. The van der Waals surface area contributed by atoms with Crippen molar-refractivity contribution in [2.45, 2.75) is 24.9 Å². The molecule has 39 heavy (non-hydrogen) atoms. The molecule has 29 heteroatoms. The van der Waals surface area contributed by atoms with Crippen molar-refractivity contribution in [1.29, 1.82) is 0 Å². The number of nitrogen functional groups attached to an aromatic ring is 1. The molecular weight excluding hydrogens is 649 g/mol. The minimum absolute atomic E-state index is 0.174. The molecule has 0 aliphatic carbocycles. The minimum Gasteiger partial charge on any atom is -0.369 e. The van der Waals surface area contributed by atoms with Gasteiger partial charge in [-0.2, -0.15) is 17.9 Å². The lowest BCUT2D eigenvalue weighted by molar-refractivity contribution is -0.0415. The molecule has 1 aliphatic rings. The van der Waals surface area contributed by atoms with Gasteiger partial charge in [0, 0.05) is 6.42 Å². The molecule has 6 atom stereocenters. The molecule has 1 aliphatic heterocycles. The molecule has 3 rings (SSSR count). The van der Waals surface area contributed by atoms with Gasteiger partial charge in [-0.05, 0) is 0 Å². The summed E-state index contributed by atoms with van der Waals surface area (Å²) < 4.78 is 83.9. The lowest BCUT2D eigenvalue weighted by atomic mass is 10.2. The predicted molar refractivity (Wildman–Crippen MR) is 119 cm³/mol. The molecule has 24 nitrogen and oxygen atoms in total. The molecule has 2 aromatic heterocycles. The highest BCUT2D eigenvalue weighted by Gasteiger charge is 2.46. The highest BCUT2D eigenvalue weighted by atomic mass is 31.3. The Bertz CT molecular complexity index is 1530. The Morgan fingerprint density at radius 3 is 2.15 bits per heavy atom. The van der Waals surface area contributed by atoms with E-state index in [0.29, 0.717) is 0 Å². The van der Waals surface area contributed by atoms with Crippen LogP contribution in [0.2, 0.25) is 0 Å². The zero-order valence-electron chi connectivity index (χ0n) is 18.4. The number of H-pyrrole nitrogens is 1. The molecule has 0 spiro atoms. The van der Waals surface area contributed by atoms with Gasteiger partial charge in [0.1, 0.15) is 18.4 Å². The zero-order valence-corrected chi connectivity index (χ0v) is 22.9. The summed E-state index contributed by atoms with van der Waals surface area (Å²) in [5.74, 6) is -0.348. The van der Waals surface area contributed by atoms with Crippen LogP contribution in [0.3, 0.4) is 0 Å². The number of nitrogens with two attached hydrogens (primary N) is 1. The molecule has 0 aromatic carbocycles. The van der Waals surface area contributed by atoms with Crippen LogP contribution in [-0.4, -0.2) is 72.6 Å². The first-order chi connectivity index (χ1) is 17.5. The van der Waals surface area contributed by atoms with Crippen molar-refractivity contribution in [1.82, 2.24) is 19.5 Å². The van der Waals surface area contributed by atoms with Crippen LogP contribution < -0.4 is 11.3 Å². The number of hydrogen-bond donors (Lipinski definition) is 9. The SMILES string of the molecule is Nc1nc2c(ncn2[C@H]2C[C@H](OP(=O)(O)OP(=O)(O)O)[C@@H](COP(=O)(O)OP(=O)(O)OP(=O)(O)O)O2)c(=O)[nH]1. The van der Waals surface area contributed by atoms with Crippen molar-refractivity contribution in [2.75, 3.05) is 12.3 Å². The van der Waals surface area contributed by atoms with Gasteiger partial charge in [-0.1, -0.05) is 0 Å². The number of anilines is 1. The number of ether oxygens (including phenoxy) is 1. The Labute approximate surface area is 214 Å². The van der Waals surface area contributed by atoms with E-state index in [9.17, 15) is 42.3 Å². The molecule has 1 saturated heterocycles. The molecule has 1 fully saturated rings. The number of fused-ring (bicyclic) bond motifs is 1. The van der Waals surface area contributed by atoms with E-state index in [0.717, 1.165) is 10.9 Å². The van der Waals surface area contributed by atoms with E-state index in [4.69, 9.17) is 34.6 Å². The third kappa shape index (κ3) is 9.40. The van der Waals surface area contributed by atoms with E-state index in [1.165, 1.54) is 0 Å². The van der Waals surface area contributed by atoms with Crippen LogP contribution >= 0.6 is 39.1 Å². The van der Waals surface area contributed by atoms with Crippen LogP contribution in [0, 0.1) is 0 Å². The summed E-state index contributed by atoms with van der Waals surface area (Å²) in [6, 6.07) is 0. The summed E-state index contributed by atoms with van der Waals surface area (Å²) in [6.45, 7) is -1.20. The Kier molecular flexibility index (Phi) is 9.29. The average Bonchev–Trinajstić information content (AvgIpc) is 3.25. The standard InChI is InChI=1S/C10H18N5O19P5/c11-10-13-8-7(9(16)14-10)12-3-15(8)6-1-4(31-38(25,26)32-35(17,18)19)5(30-6)2-29-37(23,24)34-39(27,28)33-36(20,21)22/h3-6H,1-2H2,(H,23,24)(H,25,26)(H,27,28)(H2,17,18,19)(H2,20,21,22)(H3,11,13,14,16)/t4-,5+,6+/m0/s1. The molecule has 3 unspecified atom stereocenters. The number of aromatic nitrogens is 4. The smallest absolute Gasteiger partial charge is 0.369 e. The largest absolute Gasteiger partial charge is 0.490 e. The fourth-order valence-corrected chi connectivity index (χ4v) is 7.90. The minimum atomic E-state index is -5.89. The summed E-state index contributed by atoms with van der Waals surface area (Å²) in [5, 5.41) is 0. The van der Waals surface area contributed by atoms with Gasteiger partial charge in [-0.15, -0.1) is 0 Å². The fourth-order valence-electron chi connectivity index (χ4n) is 3.08. The second kappa shape index (κ2) is 11.2. The van der Waals surface area contributed by atoms with Crippen molar-refractivity contribution in [3.63, 3.8) is 0 Å². The molecule has 0 saturated carbocycles. The van der Waals surface area contributed by atoms with Gasteiger partial charge in [-0.25, -0.2) is 27.8 Å². The molecule has 3 heterocycles. The van der Waals surface area contributed by atoms with E-state index in [-0.39, 0.29) is 17.1 Å². The third-order valence-corrected chi connectivity index (χ3v) is 10.3. The molecule has 0 bridgehead atoms. The van der Waals surface area contributed by atoms with Crippen molar-refractivity contribution >= 4 is 56.2 Å². The third-order valence-electron chi connectivity index (χ3n) is 4.24. The summed E-state index contributed by atoms with van der Waals surface area (Å²) in [6.07, 6.45) is -4.35. The van der Waals surface area contributed by atoms with Crippen molar-refractivity contribution in [2.24, 2.45) is 0 Å². The van der Waals surface area contributed by atoms with Crippen molar-refractivity contribution in [3.05, 3.63) is 16.7 Å². The summed E-state index contributed by atoms with van der Waals surface area (Å²) in [7, 11) is -28.4. The number of nitrogens with zero attached hydrogens (tertiary/aromatic N) is 3. The summed E-state index contributed by atoms with van der Waals surface area (Å²) in [5.41, 5.74) is 4.33. The molecular formula is C10H18N5O19P5. The summed E-state index contributed by atoms with van der Waals surface area (Å²) in [4.78, 5) is 85.3. The van der Waals surface area contributed by atoms with Crippen LogP contribution in [-0.2, 0) is 49.5 Å². The van der Waals surface area contributed by atoms with E-state index < -0.39 is 76.1 Å². The molecule has 0 radical (unpaired) electrons. The van der Waals surface area contributed by atoms with E-state index in [1.54, 1.807) is 0 Å². The number of phosphoric ester groups is 2. The Hall–Kier alpha value is -1.22. The number of imidazole rings is 1. The number of aromatic amines is 1. The first kappa shape index (κ1) is 32.3. The van der Waals surface area contributed by atoms with E-state index >= 15 is 0 Å². The van der Waals surface area contributed by atoms with Crippen LogP contribution in [0.1, 0.15) is 12.6 Å². The monoisotopic (exact) mass is 667 g/mol. The van der Waals surface area contributed by atoms with Gasteiger partial charge in [0.15, 0.2) is 11.2 Å². The van der Waals surface area contributed by atoms with Gasteiger partial charge in [0.2, 0.25) is 5.95 Å². The Morgan fingerprint density at radius 2 is 1.56 bits per heavy atom. The van der Waals surface area contributed by atoms with Gasteiger partial charge < -0.3 is 44.7 Å². The van der Waals surface area contributed by atoms with Gasteiger partial charge in [-0.3, -0.25) is 23.4 Å². The quantitative estimate of drug-likeness (QED) is 0.122. The number of rotatable bonds is 12. The number of phosphoric acid groups is 5. The summed E-state index contributed by atoms with van der Waals surface area (Å²) >= 11 is 0. The van der Waals surface area contributed by atoms with E-state index in [2.05, 4.69) is 32.4 Å². The lowest BCUT2D eigenvalue weighted by Crippen LogP contribution is -2.28. The lowest BCUT2D eigenvalue weighted by Gasteiger charge is -2.22. The topological polar surface area (TPSA) is 372 Å². The van der Waals surface area contributed by atoms with E-state index in [1.807, 2.05) is 0 Å². The second-order valence-corrected chi connectivity index (χ2v) is 14.4. The first-order valence-electron chi connectivity index (χ1n) is 9.49. The highest BCUT2D eigenvalue weighted by Crippen LogP contribution is 2.66. The maximum Gasteiger partial charge on any atom is 0.490 e. The molecule has 2 aromatic rings. The Morgan fingerprint density at radius 1 is 0.974 bits per heavy atom. The van der Waals surface area contributed by atoms with Gasteiger partial charge in [0.05, 0.1) is 12.9 Å².